The van der Waals surface area contributed by atoms with Crippen molar-refractivity contribution >= 4 is 28.5 Å². The maximum absolute atomic E-state index is 2.38. The molecular weight excluding hydrogens is 367 g/mol. The number of unbranched alkanes of at least 4 members (excludes halogenated alkanes) is 1. The first-order chi connectivity index (χ1) is 14.4. The Morgan fingerprint density at radius 1 is 0.517 bits per heavy atom. The van der Waals surface area contributed by atoms with Crippen molar-refractivity contribution in [3.05, 3.63) is 121 Å². The predicted octanol–water partition coefficient (Wildman–Crippen LogP) is 5.65. The van der Waals surface area contributed by atoms with Gasteiger partial charge in [-0.15, -0.1) is 0 Å². The molecule has 0 saturated carbocycles. The minimum atomic E-state index is -1.98. The van der Waals surface area contributed by atoms with Crippen molar-refractivity contribution in [1.29, 1.82) is 0 Å². The summed E-state index contributed by atoms with van der Waals surface area (Å²) in [5.74, 6) is 0. The smallest absolute Gasteiger partial charge is 0.0654 e. The molecule has 0 aromatic heterocycles. The van der Waals surface area contributed by atoms with E-state index in [2.05, 4.69) is 122 Å². The summed E-state index contributed by atoms with van der Waals surface area (Å²) >= 11 is 0. The quantitative estimate of drug-likeness (QED) is 0.355. The SMILES string of the molecule is CCCCc1ccccc1[P+](c1ccccc1)(c1ccccc1)c1ccccc1. The largest absolute Gasteiger partial charge is 0.144 e. The Balaban J connectivity index is 2.10. The predicted molar refractivity (Wildman–Crippen MR) is 130 cm³/mol. The lowest BCUT2D eigenvalue weighted by Crippen LogP contribution is -2.40. The molecule has 4 aromatic carbocycles. The van der Waals surface area contributed by atoms with Gasteiger partial charge in [0.2, 0.25) is 0 Å². The fourth-order valence-electron chi connectivity index (χ4n) is 4.24. The minimum absolute atomic E-state index is 1.13. The molecule has 0 N–H and O–H groups in total. The molecule has 4 aromatic rings. The van der Waals surface area contributed by atoms with Gasteiger partial charge in [0.05, 0.1) is 0 Å². The zero-order valence-electron chi connectivity index (χ0n) is 17.0. The van der Waals surface area contributed by atoms with Crippen molar-refractivity contribution in [3.8, 4) is 0 Å². The van der Waals surface area contributed by atoms with Crippen LogP contribution in [0.2, 0.25) is 0 Å². The van der Waals surface area contributed by atoms with Gasteiger partial charge in [0.1, 0.15) is 28.5 Å². The van der Waals surface area contributed by atoms with Crippen LogP contribution in [0.5, 0.6) is 0 Å². The van der Waals surface area contributed by atoms with Gasteiger partial charge in [0.25, 0.3) is 0 Å². The Morgan fingerprint density at radius 3 is 1.38 bits per heavy atom. The Kier molecular flexibility index (Phi) is 6.23. The van der Waals surface area contributed by atoms with Crippen molar-refractivity contribution in [2.45, 2.75) is 26.2 Å². The highest BCUT2D eigenvalue weighted by molar-refractivity contribution is 8.01. The highest BCUT2D eigenvalue weighted by Crippen LogP contribution is 2.54. The summed E-state index contributed by atoms with van der Waals surface area (Å²) in [7, 11) is -1.98. The molecule has 29 heavy (non-hydrogen) atoms. The summed E-state index contributed by atoms with van der Waals surface area (Å²) in [6, 6.07) is 42.6. The van der Waals surface area contributed by atoms with Crippen LogP contribution in [0.25, 0.3) is 0 Å². The molecular formula is C28H28P+. The summed E-state index contributed by atoms with van der Waals surface area (Å²) in [4.78, 5) is 0. The molecule has 0 aliphatic carbocycles. The van der Waals surface area contributed by atoms with Gasteiger partial charge < -0.3 is 0 Å². The van der Waals surface area contributed by atoms with Crippen LogP contribution in [0.4, 0.5) is 0 Å². The second kappa shape index (κ2) is 9.21. The fraction of sp³-hybridized carbons (Fsp3) is 0.143. The summed E-state index contributed by atoms with van der Waals surface area (Å²) in [6.07, 6.45) is 3.55. The van der Waals surface area contributed by atoms with Gasteiger partial charge in [-0.25, -0.2) is 0 Å². The van der Waals surface area contributed by atoms with E-state index in [0.29, 0.717) is 0 Å². The molecule has 0 aliphatic heterocycles. The third-order valence-electron chi connectivity index (χ3n) is 5.58. The molecule has 0 atom stereocenters. The topological polar surface area (TPSA) is 0 Å². The maximum Gasteiger partial charge on any atom is 0.144 e. The standard InChI is InChI=1S/C28H28P/c1-2-3-15-24-16-13-14-23-28(24)29(25-17-7-4-8-18-25,26-19-9-5-10-20-26)27-21-11-6-12-22-27/h4-14,16-23H,2-3,15H2,1H3/q+1. The second-order valence-corrected chi connectivity index (χ2v) is 10.8. The highest BCUT2D eigenvalue weighted by Gasteiger charge is 2.48. The Hall–Kier alpha value is -2.69. The molecule has 0 fully saturated rings. The summed E-state index contributed by atoms with van der Waals surface area (Å²) < 4.78 is 0. The van der Waals surface area contributed by atoms with Crippen LogP contribution < -0.4 is 21.2 Å². The number of hydrogen-bond donors (Lipinski definition) is 0. The van der Waals surface area contributed by atoms with Crippen LogP contribution in [0, 0.1) is 0 Å². The molecule has 0 spiro atoms. The van der Waals surface area contributed by atoms with Crippen molar-refractivity contribution in [3.63, 3.8) is 0 Å². The number of aryl methyl sites for hydroxylation is 1. The zero-order valence-corrected chi connectivity index (χ0v) is 17.9. The van der Waals surface area contributed by atoms with E-state index in [4.69, 9.17) is 0 Å². The Bertz CT molecular complexity index is 927. The Morgan fingerprint density at radius 2 is 0.931 bits per heavy atom. The number of hydrogen-bond acceptors (Lipinski definition) is 0. The summed E-state index contributed by atoms with van der Waals surface area (Å²) in [5, 5.41) is 5.75. The van der Waals surface area contributed by atoms with Crippen LogP contribution >= 0.6 is 7.26 Å². The molecule has 144 valence electrons. The molecule has 0 heterocycles. The lowest BCUT2D eigenvalue weighted by atomic mass is 10.1. The van der Waals surface area contributed by atoms with Crippen LogP contribution in [-0.2, 0) is 6.42 Å². The van der Waals surface area contributed by atoms with Crippen molar-refractivity contribution in [2.24, 2.45) is 0 Å². The minimum Gasteiger partial charge on any atom is -0.0654 e. The Labute approximate surface area is 175 Å². The lowest BCUT2D eigenvalue weighted by Gasteiger charge is -2.29. The third-order valence-corrected chi connectivity index (χ3v) is 9.96. The molecule has 0 unspecified atom stereocenters. The fourth-order valence-corrected chi connectivity index (χ4v) is 8.75. The summed E-state index contributed by atoms with van der Waals surface area (Å²) in [5.41, 5.74) is 1.49. The first kappa shape index (κ1) is 19.6. The molecule has 0 amide bonds. The number of rotatable bonds is 7. The van der Waals surface area contributed by atoms with E-state index in [0.717, 1.165) is 6.42 Å². The van der Waals surface area contributed by atoms with Gasteiger partial charge in [-0.1, -0.05) is 86.1 Å². The van der Waals surface area contributed by atoms with Gasteiger partial charge in [-0.05, 0) is 60.9 Å². The van der Waals surface area contributed by atoms with Crippen LogP contribution in [-0.4, -0.2) is 0 Å². The van der Waals surface area contributed by atoms with Gasteiger partial charge in [-0.2, -0.15) is 0 Å². The van der Waals surface area contributed by atoms with E-state index in [9.17, 15) is 0 Å². The first-order valence-corrected chi connectivity index (χ1v) is 12.3. The van der Waals surface area contributed by atoms with Gasteiger partial charge in [0, 0.05) is 0 Å². The van der Waals surface area contributed by atoms with Gasteiger partial charge >= 0.3 is 0 Å². The molecule has 0 aliphatic rings. The monoisotopic (exact) mass is 395 g/mol. The van der Waals surface area contributed by atoms with Crippen molar-refractivity contribution in [1.82, 2.24) is 0 Å². The third kappa shape index (κ3) is 3.78. The van der Waals surface area contributed by atoms with Gasteiger partial charge in [0.15, 0.2) is 0 Å². The number of benzene rings is 4. The van der Waals surface area contributed by atoms with E-state index >= 15 is 0 Å². The van der Waals surface area contributed by atoms with Gasteiger partial charge in [-0.3, -0.25) is 0 Å². The average molecular weight is 396 g/mol. The molecule has 0 saturated heterocycles. The molecule has 4 rings (SSSR count). The molecule has 0 radical (unpaired) electrons. The second-order valence-electron chi connectivity index (χ2n) is 7.41. The first-order valence-electron chi connectivity index (χ1n) is 10.5. The van der Waals surface area contributed by atoms with Crippen LogP contribution in [0.15, 0.2) is 115 Å². The van der Waals surface area contributed by atoms with E-state index < -0.39 is 7.26 Å². The zero-order chi connectivity index (χ0) is 19.9. The maximum atomic E-state index is 2.38. The average Bonchev–Trinajstić information content (AvgIpc) is 2.81. The highest BCUT2D eigenvalue weighted by atomic mass is 31.2. The summed E-state index contributed by atoms with van der Waals surface area (Å²) in [6.45, 7) is 2.27. The molecule has 1 heteroatoms. The molecule has 0 nitrogen and oxygen atoms in total. The van der Waals surface area contributed by atoms with E-state index in [-0.39, 0.29) is 0 Å². The molecule has 0 bridgehead atoms. The van der Waals surface area contributed by atoms with Crippen molar-refractivity contribution < 1.29 is 0 Å². The normalized spacial score (nSPS) is 11.3. The lowest BCUT2D eigenvalue weighted by molar-refractivity contribution is 0.798. The van der Waals surface area contributed by atoms with Crippen molar-refractivity contribution in [2.75, 3.05) is 0 Å². The van der Waals surface area contributed by atoms with E-state index in [1.54, 1.807) is 0 Å². The van der Waals surface area contributed by atoms with E-state index in [1.165, 1.54) is 39.6 Å². The van der Waals surface area contributed by atoms with Crippen LogP contribution in [0.1, 0.15) is 25.3 Å². The van der Waals surface area contributed by atoms with E-state index in [1.807, 2.05) is 0 Å². The van der Waals surface area contributed by atoms with Crippen LogP contribution in [0.3, 0.4) is 0 Å².